The van der Waals surface area contributed by atoms with Crippen LogP contribution in [-0.4, -0.2) is 5.11 Å². The summed E-state index contributed by atoms with van der Waals surface area (Å²) < 4.78 is 0. The highest BCUT2D eigenvalue weighted by atomic mass is 16.3. The van der Waals surface area contributed by atoms with Gasteiger partial charge < -0.3 is 5.11 Å². The van der Waals surface area contributed by atoms with Crippen LogP contribution in [0.3, 0.4) is 0 Å². The summed E-state index contributed by atoms with van der Waals surface area (Å²) in [6.07, 6.45) is 25.3. The molecule has 180 valence electrons. The summed E-state index contributed by atoms with van der Waals surface area (Å²) in [6.45, 7) is 9.12. The lowest BCUT2D eigenvalue weighted by Crippen LogP contribution is -2.05. The second-order valence-electron chi connectivity index (χ2n) is 9.74. The van der Waals surface area contributed by atoms with Crippen molar-refractivity contribution in [3.8, 4) is 5.75 Å². The number of aromatic hydroxyl groups is 1. The molecule has 1 heteroatoms. The molecular weight excluding hydrogens is 376 g/mol. The number of unbranched alkanes of at least 4 members (excludes halogenated alkanes) is 12. The van der Waals surface area contributed by atoms with E-state index in [0.29, 0.717) is 5.75 Å². The van der Waals surface area contributed by atoms with Gasteiger partial charge in [0.1, 0.15) is 5.75 Å². The minimum Gasteiger partial charge on any atom is -0.507 e. The van der Waals surface area contributed by atoms with Crippen molar-refractivity contribution >= 4 is 0 Å². The lowest BCUT2D eigenvalue weighted by molar-refractivity contribution is 0.455. The van der Waals surface area contributed by atoms with Crippen molar-refractivity contribution in [2.75, 3.05) is 0 Å². The molecule has 1 N–H and O–H groups in total. The second kappa shape index (κ2) is 18.6. The van der Waals surface area contributed by atoms with Crippen molar-refractivity contribution in [2.45, 2.75) is 156 Å². The van der Waals surface area contributed by atoms with Gasteiger partial charge in [-0.2, -0.15) is 0 Å². The first-order valence-electron chi connectivity index (χ1n) is 14.0. The molecule has 0 unspecified atom stereocenters. The Bertz CT molecular complexity index is 560. The maximum absolute atomic E-state index is 11.2. The van der Waals surface area contributed by atoms with Gasteiger partial charge in [0.15, 0.2) is 0 Å². The van der Waals surface area contributed by atoms with E-state index in [4.69, 9.17) is 0 Å². The largest absolute Gasteiger partial charge is 0.507 e. The third kappa shape index (κ3) is 11.4. The molecule has 0 radical (unpaired) electrons. The Hall–Kier alpha value is -0.980. The van der Waals surface area contributed by atoms with Crippen LogP contribution in [0.25, 0.3) is 0 Å². The van der Waals surface area contributed by atoms with Crippen molar-refractivity contribution in [2.24, 2.45) is 0 Å². The molecule has 31 heavy (non-hydrogen) atoms. The molecular formula is C30H54O. The Balaban J connectivity index is 2.93. The number of rotatable bonds is 20. The zero-order chi connectivity index (χ0) is 22.7. The first-order chi connectivity index (χ1) is 15.2. The summed E-state index contributed by atoms with van der Waals surface area (Å²) in [5.74, 6) is 0.653. The van der Waals surface area contributed by atoms with Gasteiger partial charge >= 0.3 is 0 Å². The van der Waals surface area contributed by atoms with E-state index in [1.165, 1.54) is 126 Å². The highest BCUT2D eigenvalue weighted by Gasteiger charge is 2.17. The maximum Gasteiger partial charge on any atom is 0.122 e. The lowest BCUT2D eigenvalue weighted by Gasteiger charge is -2.20. The van der Waals surface area contributed by atoms with Gasteiger partial charge in [0.05, 0.1) is 0 Å². The van der Waals surface area contributed by atoms with Gasteiger partial charge in [-0.25, -0.2) is 0 Å². The third-order valence-corrected chi connectivity index (χ3v) is 6.85. The molecule has 0 aliphatic heterocycles. The summed E-state index contributed by atoms with van der Waals surface area (Å²) >= 11 is 0. The summed E-state index contributed by atoms with van der Waals surface area (Å²) in [7, 11) is 0. The topological polar surface area (TPSA) is 20.2 Å². The molecule has 1 aromatic carbocycles. The van der Waals surface area contributed by atoms with Crippen LogP contribution in [0, 0.1) is 0 Å². The fourth-order valence-electron chi connectivity index (χ4n) is 4.79. The van der Waals surface area contributed by atoms with Gasteiger partial charge in [-0.05, 0) is 73.6 Å². The minimum absolute atomic E-state index is 0.653. The van der Waals surface area contributed by atoms with E-state index in [0.717, 1.165) is 19.3 Å². The number of hydrogen-bond donors (Lipinski definition) is 1. The Morgan fingerprint density at radius 3 is 1.39 bits per heavy atom. The van der Waals surface area contributed by atoms with Crippen LogP contribution in [0.1, 0.15) is 153 Å². The van der Waals surface area contributed by atoms with E-state index in [2.05, 4.69) is 33.8 Å². The van der Waals surface area contributed by atoms with Crippen LogP contribution in [0.15, 0.2) is 6.07 Å². The van der Waals surface area contributed by atoms with Crippen LogP contribution in [-0.2, 0) is 25.7 Å². The molecule has 0 heterocycles. The first kappa shape index (κ1) is 28.1. The molecule has 0 aromatic heterocycles. The monoisotopic (exact) mass is 430 g/mol. The molecule has 1 aromatic rings. The highest BCUT2D eigenvalue weighted by Crippen LogP contribution is 2.34. The van der Waals surface area contributed by atoms with Gasteiger partial charge in [0, 0.05) is 0 Å². The van der Waals surface area contributed by atoms with Crippen molar-refractivity contribution in [1.82, 2.24) is 0 Å². The predicted octanol–water partition coefficient (Wildman–Crippen LogP) is 9.88. The molecule has 0 fully saturated rings. The van der Waals surface area contributed by atoms with E-state index in [9.17, 15) is 5.11 Å². The normalized spacial score (nSPS) is 11.4. The zero-order valence-corrected chi connectivity index (χ0v) is 21.7. The minimum atomic E-state index is 0.653. The molecule has 0 spiro atoms. The van der Waals surface area contributed by atoms with Gasteiger partial charge in [0.2, 0.25) is 0 Å². The van der Waals surface area contributed by atoms with Crippen LogP contribution in [0.4, 0.5) is 0 Å². The number of benzene rings is 1. The van der Waals surface area contributed by atoms with Crippen LogP contribution >= 0.6 is 0 Å². The van der Waals surface area contributed by atoms with Crippen LogP contribution < -0.4 is 0 Å². The predicted molar refractivity (Wildman–Crippen MR) is 139 cm³/mol. The van der Waals surface area contributed by atoms with Crippen molar-refractivity contribution in [3.63, 3.8) is 0 Å². The summed E-state index contributed by atoms with van der Waals surface area (Å²) in [4.78, 5) is 0. The van der Waals surface area contributed by atoms with E-state index in [1.807, 2.05) is 0 Å². The number of hydrogen-bond acceptors (Lipinski definition) is 1. The van der Waals surface area contributed by atoms with Gasteiger partial charge in [-0.15, -0.1) is 0 Å². The van der Waals surface area contributed by atoms with E-state index in [1.54, 1.807) is 5.56 Å². The highest BCUT2D eigenvalue weighted by molar-refractivity contribution is 5.50. The SMILES string of the molecule is CCCCCCCCc1cc(CCCCCCCC)c(CCCC)c(CCCC)c1O. The first-order valence-corrected chi connectivity index (χ1v) is 14.0. The molecule has 0 saturated carbocycles. The average molecular weight is 431 g/mol. The van der Waals surface area contributed by atoms with Gasteiger partial charge in [-0.1, -0.05) is 111 Å². The third-order valence-electron chi connectivity index (χ3n) is 6.85. The molecule has 1 rings (SSSR count). The fraction of sp³-hybridized carbons (Fsp3) is 0.800. The van der Waals surface area contributed by atoms with Crippen LogP contribution in [0.5, 0.6) is 5.75 Å². The average Bonchev–Trinajstić information content (AvgIpc) is 2.78. The van der Waals surface area contributed by atoms with Gasteiger partial charge in [-0.3, -0.25) is 0 Å². The summed E-state index contributed by atoms with van der Waals surface area (Å²) in [6, 6.07) is 2.41. The number of phenolic OH excluding ortho intramolecular Hbond substituents is 1. The van der Waals surface area contributed by atoms with Crippen molar-refractivity contribution in [3.05, 3.63) is 28.3 Å². The Morgan fingerprint density at radius 1 is 0.452 bits per heavy atom. The second-order valence-corrected chi connectivity index (χ2v) is 9.74. The van der Waals surface area contributed by atoms with Crippen molar-refractivity contribution < 1.29 is 5.11 Å². The standard InChI is InChI=1S/C30H54O/c1-5-9-13-15-17-19-21-26-25-27(22-20-18-16-14-10-6-2)30(31)29(24-12-8-4)28(26)23-11-7-3/h25,31H,5-24H2,1-4H3. The summed E-state index contributed by atoms with van der Waals surface area (Å²) in [5.41, 5.74) is 5.62. The Kier molecular flexibility index (Phi) is 16.8. The summed E-state index contributed by atoms with van der Waals surface area (Å²) in [5, 5.41) is 11.2. The van der Waals surface area contributed by atoms with E-state index < -0.39 is 0 Å². The Labute approximate surface area is 195 Å². The molecule has 0 bridgehead atoms. The molecule has 0 aliphatic carbocycles. The van der Waals surface area contributed by atoms with Crippen molar-refractivity contribution in [1.29, 1.82) is 0 Å². The number of phenols is 1. The quantitative estimate of drug-likeness (QED) is 0.204. The van der Waals surface area contributed by atoms with Crippen LogP contribution in [0.2, 0.25) is 0 Å². The molecule has 1 nitrogen and oxygen atoms in total. The smallest absolute Gasteiger partial charge is 0.122 e. The molecule has 0 amide bonds. The molecule has 0 atom stereocenters. The number of aryl methyl sites for hydroxylation is 2. The van der Waals surface area contributed by atoms with Gasteiger partial charge in [0.25, 0.3) is 0 Å². The van der Waals surface area contributed by atoms with E-state index in [-0.39, 0.29) is 0 Å². The lowest BCUT2D eigenvalue weighted by atomic mass is 9.86. The fourth-order valence-corrected chi connectivity index (χ4v) is 4.79. The molecule has 0 aliphatic rings. The maximum atomic E-state index is 11.2. The molecule has 0 saturated heterocycles. The Morgan fingerprint density at radius 2 is 0.871 bits per heavy atom. The zero-order valence-electron chi connectivity index (χ0n) is 21.7. The van der Waals surface area contributed by atoms with E-state index >= 15 is 0 Å².